The van der Waals surface area contributed by atoms with Crippen molar-refractivity contribution in [2.75, 3.05) is 13.2 Å². The molecule has 3 heterocycles. The van der Waals surface area contributed by atoms with Gasteiger partial charge in [0, 0.05) is 11.6 Å². The standard InChI is InChI=1S/C19H17ClN6O3S/c1-12-9-13(20)4-5-15(12)28-11-17(27)21-6-7-26-10-14(23-25-26)19-22-18(24-29-19)16-3-2-8-30-16/h2-5,8-10H,6-7,11H2,1H3,(H,21,27). The average Bonchev–Trinajstić information content (AvgIpc) is 3.47. The molecule has 0 radical (unpaired) electrons. The highest BCUT2D eigenvalue weighted by Gasteiger charge is 2.14. The summed E-state index contributed by atoms with van der Waals surface area (Å²) < 4.78 is 12.4. The Balaban J connectivity index is 1.25. The van der Waals surface area contributed by atoms with E-state index < -0.39 is 0 Å². The highest BCUT2D eigenvalue weighted by Crippen LogP contribution is 2.24. The fraction of sp³-hybridized carbons (Fsp3) is 0.211. The molecule has 0 saturated carbocycles. The first-order chi connectivity index (χ1) is 14.6. The monoisotopic (exact) mass is 444 g/mol. The molecule has 0 saturated heterocycles. The molecule has 0 spiro atoms. The van der Waals surface area contributed by atoms with Crippen molar-refractivity contribution in [1.29, 1.82) is 0 Å². The van der Waals surface area contributed by atoms with E-state index >= 15 is 0 Å². The zero-order chi connectivity index (χ0) is 20.9. The van der Waals surface area contributed by atoms with Gasteiger partial charge in [-0.3, -0.25) is 4.79 Å². The normalized spacial score (nSPS) is 10.9. The van der Waals surface area contributed by atoms with Gasteiger partial charge in [0.25, 0.3) is 11.8 Å². The molecule has 4 aromatic rings. The van der Waals surface area contributed by atoms with Gasteiger partial charge in [0.1, 0.15) is 5.75 Å². The fourth-order valence-electron chi connectivity index (χ4n) is 2.62. The Kier molecular flexibility index (Phi) is 6.05. The van der Waals surface area contributed by atoms with E-state index in [1.807, 2.05) is 24.4 Å². The number of halogens is 1. The number of carbonyl (C=O) groups excluding carboxylic acids is 1. The summed E-state index contributed by atoms with van der Waals surface area (Å²) >= 11 is 7.44. The maximum absolute atomic E-state index is 12.0. The molecule has 0 fully saturated rings. The first-order valence-electron chi connectivity index (χ1n) is 9.02. The van der Waals surface area contributed by atoms with E-state index in [2.05, 4.69) is 25.8 Å². The van der Waals surface area contributed by atoms with E-state index in [0.717, 1.165) is 10.4 Å². The van der Waals surface area contributed by atoms with Crippen LogP contribution in [0, 0.1) is 6.92 Å². The van der Waals surface area contributed by atoms with Crippen LogP contribution in [0.2, 0.25) is 5.02 Å². The summed E-state index contributed by atoms with van der Waals surface area (Å²) in [5.74, 6) is 1.19. The van der Waals surface area contributed by atoms with Gasteiger partial charge in [-0.1, -0.05) is 28.0 Å². The van der Waals surface area contributed by atoms with E-state index in [1.54, 1.807) is 29.1 Å². The Bertz CT molecular complexity index is 1140. The number of benzene rings is 1. The van der Waals surface area contributed by atoms with Crippen LogP contribution in [0.4, 0.5) is 0 Å². The second kappa shape index (κ2) is 9.06. The molecule has 0 atom stereocenters. The zero-order valence-electron chi connectivity index (χ0n) is 15.9. The van der Waals surface area contributed by atoms with Crippen LogP contribution in [0.3, 0.4) is 0 Å². The molecular formula is C19H17ClN6O3S. The third kappa shape index (κ3) is 4.84. The van der Waals surface area contributed by atoms with Crippen LogP contribution in [-0.4, -0.2) is 44.2 Å². The summed E-state index contributed by atoms with van der Waals surface area (Å²) in [7, 11) is 0. The van der Waals surface area contributed by atoms with E-state index in [0.29, 0.717) is 41.3 Å². The summed E-state index contributed by atoms with van der Waals surface area (Å²) in [5.41, 5.74) is 1.34. The van der Waals surface area contributed by atoms with Crippen molar-refractivity contribution >= 4 is 28.8 Å². The Morgan fingerprint density at radius 1 is 1.37 bits per heavy atom. The van der Waals surface area contributed by atoms with Crippen molar-refractivity contribution < 1.29 is 14.1 Å². The molecule has 0 bridgehead atoms. The van der Waals surface area contributed by atoms with Crippen LogP contribution < -0.4 is 10.1 Å². The quantitative estimate of drug-likeness (QED) is 0.444. The molecular weight excluding hydrogens is 428 g/mol. The maximum atomic E-state index is 12.0. The molecule has 1 amide bonds. The maximum Gasteiger partial charge on any atom is 0.280 e. The molecule has 0 aliphatic heterocycles. The van der Waals surface area contributed by atoms with Crippen LogP contribution in [0.5, 0.6) is 5.75 Å². The predicted octanol–water partition coefficient (Wildman–Crippen LogP) is 3.21. The van der Waals surface area contributed by atoms with Gasteiger partial charge in [0.05, 0.1) is 17.6 Å². The summed E-state index contributed by atoms with van der Waals surface area (Å²) in [6, 6.07) is 9.07. The molecule has 1 aromatic carbocycles. The minimum absolute atomic E-state index is 0.0848. The van der Waals surface area contributed by atoms with E-state index in [9.17, 15) is 4.79 Å². The number of amides is 1. The summed E-state index contributed by atoms with van der Waals surface area (Å²) in [6.45, 7) is 2.59. The Morgan fingerprint density at radius 3 is 3.07 bits per heavy atom. The second-order valence-corrected chi connectivity index (χ2v) is 7.70. The number of nitrogens with zero attached hydrogens (tertiary/aromatic N) is 5. The summed E-state index contributed by atoms with van der Waals surface area (Å²) in [5, 5.41) is 17.4. The van der Waals surface area contributed by atoms with Crippen molar-refractivity contribution in [3.63, 3.8) is 0 Å². The first kappa shape index (κ1) is 20.0. The van der Waals surface area contributed by atoms with Crippen molar-refractivity contribution in [2.24, 2.45) is 0 Å². The molecule has 0 unspecified atom stereocenters. The Labute approximate surface area is 180 Å². The Hall–Kier alpha value is -3.24. The molecule has 4 rings (SSSR count). The molecule has 0 aliphatic carbocycles. The predicted molar refractivity (Wildman–Crippen MR) is 111 cm³/mol. The molecule has 0 aliphatic rings. The Morgan fingerprint density at radius 2 is 2.27 bits per heavy atom. The van der Waals surface area contributed by atoms with Crippen LogP contribution >= 0.6 is 22.9 Å². The minimum atomic E-state index is -0.234. The zero-order valence-corrected chi connectivity index (χ0v) is 17.5. The molecule has 1 N–H and O–H groups in total. The van der Waals surface area contributed by atoms with Crippen molar-refractivity contribution in [3.05, 3.63) is 52.5 Å². The number of rotatable bonds is 8. The fourth-order valence-corrected chi connectivity index (χ4v) is 3.49. The summed E-state index contributed by atoms with van der Waals surface area (Å²) in [6.07, 6.45) is 1.69. The van der Waals surface area contributed by atoms with Gasteiger partial charge in [-0.05, 0) is 42.1 Å². The van der Waals surface area contributed by atoms with Gasteiger partial charge in [0.15, 0.2) is 12.3 Å². The number of hydrogen-bond donors (Lipinski definition) is 1. The third-order valence-corrected chi connectivity index (χ3v) is 5.19. The highest BCUT2D eigenvalue weighted by molar-refractivity contribution is 7.13. The minimum Gasteiger partial charge on any atom is -0.484 e. The van der Waals surface area contributed by atoms with Gasteiger partial charge in [-0.25, -0.2) is 4.68 Å². The van der Waals surface area contributed by atoms with Gasteiger partial charge in [-0.15, -0.1) is 16.4 Å². The van der Waals surface area contributed by atoms with Crippen molar-refractivity contribution in [2.45, 2.75) is 13.5 Å². The topological polar surface area (TPSA) is 108 Å². The lowest BCUT2D eigenvalue weighted by Gasteiger charge is -2.09. The largest absolute Gasteiger partial charge is 0.484 e. The number of aryl methyl sites for hydroxylation is 1. The van der Waals surface area contributed by atoms with E-state index in [4.69, 9.17) is 20.9 Å². The number of ether oxygens (including phenoxy) is 1. The second-order valence-electron chi connectivity index (χ2n) is 6.32. The SMILES string of the molecule is Cc1cc(Cl)ccc1OCC(=O)NCCn1cc(-c2nc(-c3cccs3)no2)nn1. The van der Waals surface area contributed by atoms with Crippen LogP contribution in [-0.2, 0) is 11.3 Å². The number of carbonyl (C=O) groups is 1. The molecule has 9 nitrogen and oxygen atoms in total. The van der Waals surface area contributed by atoms with Gasteiger partial charge in [0.2, 0.25) is 5.82 Å². The number of aromatic nitrogens is 5. The van der Waals surface area contributed by atoms with E-state index in [1.165, 1.54) is 11.3 Å². The molecule has 154 valence electrons. The average molecular weight is 445 g/mol. The van der Waals surface area contributed by atoms with Crippen LogP contribution in [0.1, 0.15) is 5.56 Å². The number of hydrogen-bond acceptors (Lipinski definition) is 8. The van der Waals surface area contributed by atoms with Crippen molar-refractivity contribution in [3.8, 4) is 28.0 Å². The third-order valence-electron chi connectivity index (χ3n) is 4.08. The van der Waals surface area contributed by atoms with E-state index in [-0.39, 0.29) is 12.5 Å². The lowest BCUT2D eigenvalue weighted by Crippen LogP contribution is -2.31. The molecule has 30 heavy (non-hydrogen) atoms. The lowest BCUT2D eigenvalue weighted by molar-refractivity contribution is -0.123. The van der Waals surface area contributed by atoms with Crippen molar-refractivity contribution in [1.82, 2.24) is 30.5 Å². The van der Waals surface area contributed by atoms with Crippen LogP contribution in [0.25, 0.3) is 22.3 Å². The first-order valence-corrected chi connectivity index (χ1v) is 10.3. The molecule has 3 aromatic heterocycles. The summed E-state index contributed by atoms with van der Waals surface area (Å²) in [4.78, 5) is 17.2. The van der Waals surface area contributed by atoms with Gasteiger partial charge >= 0.3 is 0 Å². The number of nitrogens with one attached hydrogen (secondary N) is 1. The highest BCUT2D eigenvalue weighted by atomic mass is 35.5. The van der Waals surface area contributed by atoms with Gasteiger partial charge in [-0.2, -0.15) is 4.98 Å². The lowest BCUT2D eigenvalue weighted by atomic mass is 10.2. The smallest absolute Gasteiger partial charge is 0.280 e. The van der Waals surface area contributed by atoms with Crippen LogP contribution in [0.15, 0.2) is 46.4 Å². The van der Waals surface area contributed by atoms with Gasteiger partial charge < -0.3 is 14.6 Å². The number of thiophene rings is 1. The molecule has 11 heteroatoms.